The summed E-state index contributed by atoms with van der Waals surface area (Å²) in [4.78, 5) is 29.4. The Kier molecular flexibility index (Phi) is 6.80. The molecule has 1 aromatic heterocycles. The lowest BCUT2D eigenvalue weighted by molar-refractivity contribution is -0.692. The first-order chi connectivity index (χ1) is 13.5. The molecule has 0 radical (unpaired) electrons. The minimum atomic E-state index is -0.253. The molecule has 150 valence electrons. The fourth-order valence-corrected chi connectivity index (χ4v) is 4.24. The van der Waals surface area contributed by atoms with Crippen LogP contribution in [0.4, 0.5) is 4.39 Å². The summed E-state index contributed by atoms with van der Waals surface area (Å²) in [5.74, 6) is 0.191. The standard InChI is InChI=1S/C21H26FN3O2S/c1-15(2)20(16-5-7-17(22)8-6-16)23-14-19(26)24-9-11-25(12-10-24)21(27)18-4-3-13-28-18/h3-8,13,15,20,23H,9-12,14H2,1-2H3/p+1/t20-/m0/s1. The van der Waals surface area contributed by atoms with Crippen LogP contribution >= 0.6 is 11.3 Å². The average molecular weight is 405 g/mol. The first kappa shape index (κ1) is 20.5. The Morgan fingerprint density at radius 2 is 1.71 bits per heavy atom. The molecular weight excluding hydrogens is 377 g/mol. The number of carbonyl (C=O) groups is 2. The van der Waals surface area contributed by atoms with Crippen molar-refractivity contribution >= 4 is 23.2 Å². The number of nitrogens with two attached hydrogens (primary N) is 1. The Morgan fingerprint density at radius 3 is 2.29 bits per heavy atom. The summed E-state index contributed by atoms with van der Waals surface area (Å²) in [7, 11) is 0. The lowest BCUT2D eigenvalue weighted by atomic mass is 9.96. The molecule has 1 saturated heterocycles. The van der Waals surface area contributed by atoms with E-state index in [0.29, 0.717) is 38.6 Å². The first-order valence-corrected chi connectivity index (χ1v) is 10.5. The third kappa shape index (κ3) is 4.97. The molecular formula is C21H27FN3O2S+. The van der Waals surface area contributed by atoms with E-state index >= 15 is 0 Å². The number of quaternary nitrogens is 1. The van der Waals surface area contributed by atoms with Crippen molar-refractivity contribution in [1.82, 2.24) is 9.80 Å². The van der Waals surface area contributed by atoms with Gasteiger partial charge in [-0.3, -0.25) is 9.59 Å². The van der Waals surface area contributed by atoms with Crippen molar-refractivity contribution in [3.63, 3.8) is 0 Å². The van der Waals surface area contributed by atoms with Gasteiger partial charge in [0.2, 0.25) is 0 Å². The lowest BCUT2D eigenvalue weighted by Crippen LogP contribution is -2.88. The molecule has 28 heavy (non-hydrogen) atoms. The lowest BCUT2D eigenvalue weighted by Gasteiger charge is -2.34. The van der Waals surface area contributed by atoms with Gasteiger partial charge in [-0.2, -0.15) is 0 Å². The molecule has 1 aliphatic rings. The van der Waals surface area contributed by atoms with Gasteiger partial charge in [-0.25, -0.2) is 4.39 Å². The molecule has 2 amide bonds. The van der Waals surface area contributed by atoms with Gasteiger partial charge < -0.3 is 15.1 Å². The van der Waals surface area contributed by atoms with Crippen molar-refractivity contribution in [3.05, 3.63) is 58.0 Å². The van der Waals surface area contributed by atoms with E-state index in [-0.39, 0.29) is 23.7 Å². The highest BCUT2D eigenvalue weighted by molar-refractivity contribution is 7.12. The van der Waals surface area contributed by atoms with Crippen LogP contribution in [0.5, 0.6) is 0 Å². The van der Waals surface area contributed by atoms with Gasteiger partial charge in [-0.1, -0.05) is 32.0 Å². The van der Waals surface area contributed by atoms with Crippen molar-refractivity contribution in [2.75, 3.05) is 32.7 Å². The molecule has 0 aliphatic carbocycles. The van der Waals surface area contributed by atoms with Crippen LogP contribution in [0.2, 0.25) is 0 Å². The van der Waals surface area contributed by atoms with Crippen LogP contribution < -0.4 is 5.32 Å². The Bertz CT molecular complexity index is 784. The number of hydrogen-bond donors (Lipinski definition) is 1. The third-order valence-corrected chi connectivity index (χ3v) is 6.03. The van der Waals surface area contributed by atoms with E-state index in [1.165, 1.54) is 23.5 Å². The van der Waals surface area contributed by atoms with Crippen LogP contribution in [-0.4, -0.2) is 54.3 Å². The number of rotatable bonds is 6. The first-order valence-electron chi connectivity index (χ1n) is 9.65. The number of halogens is 1. The smallest absolute Gasteiger partial charge is 0.277 e. The second-order valence-electron chi connectivity index (χ2n) is 7.41. The molecule has 5 nitrogen and oxygen atoms in total. The topological polar surface area (TPSA) is 57.2 Å². The van der Waals surface area contributed by atoms with Gasteiger partial charge in [0.15, 0.2) is 6.54 Å². The Balaban J connectivity index is 1.51. The van der Waals surface area contributed by atoms with Gasteiger partial charge in [0, 0.05) is 37.7 Å². The van der Waals surface area contributed by atoms with Gasteiger partial charge in [0.25, 0.3) is 11.8 Å². The summed E-state index contributed by atoms with van der Waals surface area (Å²) in [5, 5.41) is 3.93. The normalized spacial score (nSPS) is 15.7. The molecule has 2 N–H and O–H groups in total. The second-order valence-corrected chi connectivity index (χ2v) is 8.36. The molecule has 1 aromatic carbocycles. The van der Waals surface area contributed by atoms with Gasteiger partial charge in [-0.15, -0.1) is 11.3 Å². The molecule has 0 saturated carbocycles. The van der Waals surface area contributed by atoms with E-state index in [1.54, 1.807) is 12.1 Å². The van der Waals surface area contributed by atoms with Crippen LogP contribution in [0.1, 0.15) is 35.1 Å². The van der Waals surface area contributed by atoms with Crippen molar-refractivity contribution in [3.8, 4) is 0 Å². The fourth-order valence-electron chi connectivity index (χ4n) is 3.55. The minimum Gasteiger partial charge on any atom is -0.334 e. The second kappa shape index (κ2) is 9.30. The Hall–Kier alpha value is -2.25. The third-order valence-electron chi connectivity index (χ3n) is 5.17. The van der Waals surface area contributed by atoms with Crippen LogP contribution in [0.15, 0.2) is 41.8 Å². The molecule has 0 unspecified atom stereocenters. The number of piperazine rings is 1. The predicted octanol–water partition coefficient (Wildman–Crippen LogP) is 2.13. The quantitative estimate of drug-likeness (QED) is 0.802. The maximum Gasteiger partial charge on any atom is 0.277 e. The van der Waals surface area contributed by atoms with Crippen molar-refractivity contribution in [2.45, 2.75) is 19.9 Å². The SMILES string of the molecule is CC(C)[C@H]([NH2+]CC(=O)N1CCN(C(=O)c2cccs2)CC1)c1ccc(F)cc1. The number of thiophene rings is 1. The highest BCUT2D eigenvalue weighted by atomic mass is 32.1. The summed E-state index contributed by atoms with van der Waals surface area (Å²) in [6.07, 6.45) is 0. The largest absolute Gasteiger partial charge is 0.334 e. The number of hydrogen-bond acceptors (Lipinski definition) is 3. The van der Waals surface area contributed by atoms with Crippen LogP contribution in [0.25, 0.3) is 0 Å². The number of amides is 2. The zero-order valence-electron chi connectivity index (χ0n) is 16.3. The monoisotopic (exact) mass is 404 g/mol. The van der Waals surface area contributed by atoms with Crippen molar-refractivity contribution in [2.24, 2.45) is 5.92 Å². The summed E-state index contributed by atoms with van der Waals surface area (Å²) < 4.78 is 13.2. The average Bonchev–Trinajstić information content (AvgIpc) is 3.23. The molecule has 3 rings (SSSR count). The van der Waals surface area contributed by atoms with E-state index in [4.69, 9.17) is 0 Å². The van der Waals surface area contributed by atoms with E-state index in [1.807, 2.05) is 32.6 Å². The van der Waals surface area contributed by atoms with Crippen LogP contribution in [0.3, 0.4) is 0 Å². The van der Waals surface area contributed by atoms with Crippen LogP contribution in [0, 0.1) is 11.7 Å². The van der Waals surface area contributed by atoms with Gasteiger partial charge in [0.1, 0.15) is 11.9 Å². The maximum atomic E-state index is 13.2. The molecule has 0 bridgehead atoms. The summed E-state index contributed by atoms with van der Waals surface area (Å²) in [5.41, 5.74) is 1.02. The van der Waals surface area contributed by atoms with Gasteiger partial charge in [0.05, 0.1) is 4.88 Å². The molecule has 7 heteroatoms. The number of nitrogens with zero attached hydrogens (tertiary/aromatic N) is 2. The number of benzene rings is 1. The van der Waals surface area contributed by atoms with E-state index in [0.717, 1.165) is 10.4 Å². The molecule has 1 atom stereocenters. The van der Waals surface area contributed by atoms with E-state index in [2.05, 4.69) is 13.8 Å². The zero-order chi connectivity index (χ0) is 20.1. The maximum absolute atomic E-state index is 13.2. The molecule has 2 aromatic rings. The summed E-state index contributed by atoms with van der Waals surface area (Å²) >= 11 is 1.44. The highest BCUT2D eigenvalue weighted by Crippen LogP contribution is 2.18. The van der Waals surface area contributed by atoms with Gasteiger partial charge in [-0.05, 0) is 23.6 Å². The van der Waals surface area contributed by atoms with Gasteiger partial charge >= 0.3 is 0 Å². The zero-order valence-corrected chi connectivity index (χ0v) is 17.1. The molecule has 1 aliphatic heterocycles. The molecule has 0 spiro atoms. The molecule has 2 heterocycles. The van der Waals surface area contributed by atoms with Crippen molar-refractivity contribution in [1.29, 1.82) is 0 Å². The van der Waals surface area contributed by atoms with E-state index < -0.39 is 0 Å². The number of carbonyl (C=O) groups excluding carboxylic acids is 2. The summed E-state index contributed by atoms with van der Waals surface area (Å²) in [6.45, 7) is 6.80. The Morgan fingerprint density at radius 1 is 1.07 bits per heavy atom. The van der Waals surface area contributed by atoms with Crippen LogP contribution in [-0.2, 0) is 4.79 Å². The van der Waals surface area contributed by atoms with E-state index in [9.17, 15) is 14.0 Å². The summed E-state index contributed by atoms with van der Waals surface area (Å²) in [6, 6.07) is 10.3. The fraction of sp³-hybridized carbons (Fsp3) is 0.429. The van der Waals surface area contributed by atoms with Crippen molar-refractivity contribution < 1.29 is 19.3 Å². The molecule has 1 fully saturated rings. The minimum absolute atomic E-state index is 0.0462. The Labute approximate surface area is 169 Å². The highest BCUT2D eigenvalue weighted by Gasteiger charge is 2.27. The predicted molar refractivity (Wildman–Crippen MR) is 108 cm³/mol.